The molecule has 1 aliphatic carbocycles. The Hall–Kier alpha value is -2.53. The highest BCUT2D eigenvalue weighted by molar-refractivity contribution is 6.33. The largest absolute Gasteiger partial charge is 0.380 e. The van der Waals surface area contributed by atoms with Gasteiger partial charge in [0.1, 0.15) is 6.04 Å². The number of rotatable bonds is 7. The number of nitrogens with one attached hydrogen (secondary N) is 3. The van der Waals surface area contributed by atoms with Gasteiger partial charge in [0.05, 0.1) is 10.7 Å². The fraction of sp³-hybridized carbons (Fsp3) is 0.364. The second-order valence-corrected chi connectivity index (χ2v) is 7.65. The van der Waals surface area contributed by atoms with Gasteiger partial charge in [0.15, 0.2) is 0 Å². The van der Waals surface area contributed by atoms with Crippen LogP contribution < -0.4 is 16.0 Å². The molecule has 2 aromatic rings. The molecule has 0 aromatic heterocycles. The second-order valence-electron chi connectivity index (χ2n) is 7.25. The van der Waals surface area contributed by atoms with Crippen molar-refractivity contribution in [3.05, 3.63) is 59.1 Å². The summed E-state index contributed by atoms with van der Waals surface area (Å²) in [6.07, 6.45) is 4.12. The Bertz CT molecular complexity index is 820. The Kier molecular flexibility index (Phi) is 6.93. The summed E-state index contributed by atoms with van der Waals surface area (Å²) in [5.74, 6) is -0.195. The number of hydrogen-bond acceptors (Lipinski definition) is 3. The van der Waals surface area contributed by atoms with Crippen LogP contribution in [0.4, 0.5) is 11.4 Å². The van der Waals surface area contributed by atoms with Crippen molar-refractivity contribution >= 4 is 34.8 Å². The summed E-state index contributed by atoms with van der Waals surface area (Å²) in [6, 6.07) is 14.9. The minimum Gasteiger partial charge on any atom is -0.380 e. The fourth-order valence-electron chi connectivity index (χ4n) is 3.66. The van der Waals surface area contributed by atoms with Crippen molar-refractivity contribution in [2.24, 2.45) is 5.92 Å². The number of carbonyl (C=O) groups is 2. The van der Waals surface area contributed by atoms with Gasteiger partial charge < -0.3 is 16.0 Å². The lowest BCUT2D eigenvalue weighted by atomic mass is 9.97. The van der Waals surface area contributed by atoms with Crippen molar-refractivity contribution < 1.29 is 9.59 Å². The molecule has 3 rings (SSSR count). The third kappa shape index (κ3) is 5.49. The lowest BCUT2D eigenvalue weighted by Gasteiger charge is -2.23. The Morgan fingerprint density at radius 3 is 2.46 bits per heavy atom. The van der Waals surface area contributed by atoms with Crippen molar-refractivity contribution in [3.8, 4) is 0 Å². The molecule has 2 aromatic carbocycles. The van der Waals surface area contributed by atoms with E-state index in [1.807, 2.05) is 42.5 Å². The molecule has 0 aliphatic heterocycles. The molecule has 1 unspecified atom stereocenters. The van der Waals surface area contributed by atoms with E-state index in [0.717, 1.165) is 36.9 Å². The van der Waals surface area contributed by atoms with E-state index in [-0.39, 0.29) is 17.7 Å². The molecule has 3 N–H and O–H groups in total. The van der Waals surface area contributed by atoms with E-state index < -0.39 is 6.04 Å². The first-order chi connectivity index (χ1) is 13.5. The molecule has 5 nitrogen and oxygen atoms in total. The van der Waals surface area contributed by atoms with E-state index in [0.29, 0.717) is 17.3 Å². The summed E-state index contributed by atoms with van der Waals surface area (Å²) in [6.45, 7) is 2.11. The maximum Gasteiger partial charge on any atom is 0.247 e. The van der Waals surface area contributed by atoms with Crippen molar-refractivity contribution in [1.29, 1.82) is 0 Å². The van der Waals surface area contributed by atoms with Crippen LogP contribution in [0.5, 0.6) is 0 Å². The Morgan fingerprint density at radius 2 is 1.82 bits per heavy atom. The molecule has 1 atom stereocenters. The van der Waals surface area contributed by atoms with E-state index in [1.54, 1.807) is 6.07 Å². The lowest BCUT2D eigenvalue weighted by molar-refractivity contribution is -0.126. The van der Waals surface area contributed by atoms with E-state index in [4.69, 9.17) is 11.6 Å². The minimum atomic E-state index is -0.505. The van der Waals surface area contributed by atoms with Crippen LogP contribution in [0.3, 0.4) is 0 Å². The molecule has 1 fully saturated rings. The molecule has 0 heterocycles. The summed E-state index contributed by atoms with van der Waals surface area (Å²) in [7, 11) is 0. The fourth-order valence-corrected chi connectivity index (χ4v) is 3.90. The van der Waals surface area contributed by atoms with Gasteiger partial charge in [-0.1, -0.05) is 54.8 Å². The van der Waals surface area contributed by atoms with Crippen molar-refractivity contribution in [2.45, 2.75) is 45.2 Å². The van der Waals surface area contributed by atoms with E-state index in [2.05, 4.69) is 16.0 Å². The molecule has 0 bridgehead atoms. The number of halogens is 1. The highest BCUT2D eigenvalue weighted by atomic mass is 35.5. The van der Waals surface area contributed by atoms with Crippen LogP contribution in [0.1, 0.15) is 38.2 Å². The normalized spacial score (nSPS) is 15.1. The Morgan fingerprint density at radius 1 is 1.11 bits per heavy atom. The maximum atomic E-state index is 12.8. The van der Waals surface area contributed by atoms with Crippen molar-refractivity contribution in [1.82, 2.24) is 5.32 Å². The first-order valence-electron chi connectivity index (χ1n) is 9.68. The average Bonchev–Trinajstić information content (AvgIpc) is 3.20. The molecule has 6 heteroatoms. The van der Waals surface area contributed by atoms with Gasteiger partial charge in [-0.25, -0.2) is 0 Å². The molecule has 2 amide bonds. The van der Waals surface area contributed by atoms with Gasteiger partial charge in [-0.05, 0) is 42.5 Å². The highest BCUT2D eigenvalue weighted by Crippen LogP contribution is 2.30. The zero-order valence-electron chi connectivity index (χ0n) is 16.0. The van der Waals surface area contributed by atoms with Crippen LogP contribution in [-0.4, -0.2) is 17.9 Å². The van der Waals surface area contributed by atoms with Gasteiger partial charge in [0.25, 0.3) is 0 Å². The zero-order valence-corrected chi connectivity index (χ0v) is 16.8. The van der Waals surface area contributed by atoms with Crippen LogP contribution in [0, 0.1) is 5.92 Å². The average molecular weight is 400 g/mol. The SMILES string of the molecule is CC(=O)NC(C(=O)Nc1ccc(NCc2ccccc2)c(Cl)c1)C1CCCC1. The zero-order chi connectivity index (χ0) is 19.9. The van der Waals surface area contributed by atoms with Crippen LogP contribution in [0.25, 0.3) is 0 Å². The van der Waals surface area contributed by atoms with Crippen molar-refractivity contribution in [2.75, 3.05) is 10.6 Å². The molecule has 0 spiro atoms. The van der Waals surface area contributed by atoms with Gasteiger partial charge in [-0.3, -0.25) is 9.59 Å². The number of anilines is 2. The molecule has 0 radical (unpaired) electrons. The van der Waals surface area contributed by atoms with E-state index in [1.165, 1.54) is 6.92 Å². The second kappa shape index (κ2) is 9.60. The van der Waals surface area contributed by atoms with Gasteiger partial charge in [-0.2, -0.15) is 0 Å². The van der Waals surface area contributed by atoms with E-state index in [9.17, 15) is 9.59 Å². The summed E-state index contributed by atoms with van der Waals surface area (Å²) in [4.78, 5) is 24.3. The number of benzene rings is 2. The van der Waals surface area contributed by atoms with Gasteiger partial charge in [-0.15, -0.1) is 0 Å². The Labute approximate surface area is 170 Å². The highest BCUT2D eigenvalue weighted by Gasteiger charge is 2.31. The van der Waals surface area contributed by atoms with Crippen LogP contribution in [-0.2, 0) is 16.1 Å². The van der Waals surface area contributed by atoms with Crippen LogP contribution in [0.15, 0.2) is 48.5 Å². The summed E-state index contributed by atoms with van der Waals surface area (Å²) in [5, 5.41) is 9.54. The van der Waals surface area contributed by atoms with Gasteiger partial charge in [0, 0.05) is 19.2 Å². The molecular weight excluding hydrogens is 374 g/mol. The third-order valence-corrected chi connectivity index (χ3v) is 5.39. The van der Waals surface area contributed by atoms with Crippen LogP contribution in [0.2, 0.25) is 5.02 Å². The molecular formula is C22H26ClN3O2. The molecule has 148 valence electrons. The first-order valence-corrected chi connectivity index (χ1v) is 10.1. The van der Waals surface area contributed by atoms with Gasteiger partial charge >= 0.3 is 0 Å². The standard InChI is InChI=1S/C22H26ClN3O2/c1-15(27)25-21(17-9-5-6-10-17)22(28)26-18-11-12-20(19(23)13-18)24-14-16-7-3-2-4-8-16/h2-4,7-8,11-13,17,21,24H,5-6,9-10,14H2,1H3,(H,25,27)(H,26,28). The summed E-state index contributed by atoms with van der Waals surface area (Å²) < 4.78 is 0. The minimum absolute atomic E-state index is 0.186. The summed E-state index contributed by atoms with van der Waals surface area (Å²) in [5.41, 5.74) is 2.58. The summed E-state index contributed by atoms with van der Waals surface area (Å²) >= 11 is 6.39. The monoisotopic (exact) mass is 399 g/mol. The molecule has 1 aliphatic rings. The molecule has 0 saturated heterocycles. The number of hydrogen-bond donors (Lipinski definition) is 3. The number of carbonyl (C=O) groups excluding carboxylic acids is 2. The van der Waals surface area contributed by atoms with Gasteiger partial charge in [0.2, 0.25) is 11.8 Å². The third-order valence-electron chi connectivity index (χ3n) is 5.07. The predicted molar refractivity (Wildman–Crippen MR) is 113 cm³/mol. The Balaban J connectivity index is 1.63. The number of amides is 2. The lowest BCUT2D eigenvalue weighted by Crippen LogP contribution is -2.47. The maximum absolute atomic E-state index is 12.8. The molecule has 28 heavy (non-hydrogen) atoms. The van der Waals surface area contributed by atoms with E-state index >= 15 is 0 Å². The van der Waals surface area contributed by atoms with Crippen LogP contribution >= 0.6 is 11.6 Å². The molecule has 1 saturated carbocycles. The quantitative estimate of drug-likeness (QED) is 0.637. The predicted octanol–water partition coefficient (Wildman–Crippen LogP) is 4.59. The first kappa shape index (κ1) is 20.2. The topological polar surface area (TPSA) is 70.2 Å². The smallest absolute Gasteiger partial charge is 0.247 e. The van der Waals surface area contributed by atoms with Crippen molar-refractivity contribution in [3.63, 3.8) is 0 Å².